The highest BCUT2D eigenvalue weighted by molar-refractivity contribution is 5.46. The molecule has 0 saturated carbocycles. The number of benzene rings is 1. The van der Waals surface area contributed by atoms with Crippen molar-refractivity contribution in [1.29, 1.82) is 0 Å². The van der Waals surface area contributed by atoms with Crippen LogP contribution in [0.15, 0.2) is 18.2 Å². The van der Waals surface area contributed by atoms with E-state index in [2.05, 4.69) is 0 Å². The highest BCUT2D eigenvalue weighted by Crippen LogP contribution is 2.36. The first-order chi connectivity index (χ1) is 8.76. The molecule has 0 amide bonds. The summed E-state index contributed by atoms with van der Waals surface area (Å²) < 4.78 is 16.2. The summed E-state index contributed by atoms with van der Waals surface area (Å²) in [5.41, 5.74) is 7.27. The van der Waals surface area contributed by atoms with Gasteiger partial charge in [-0.25, -0.2) is 0 Å². The largest absolute Gasteiger partial charge is 0.496 e. The van der Waals surface area contributed by atoms with E-state index in [-0.39, 0.29) is 6.04 Å². The molecule has 18 heavy (non-hydrogen) atoms. The van der Waals surface area contributed by atoms with Gasteiger partial charge in [0.2, 0.25) is 0 Å². The number of nitrogens with two attached hydrogens (primary N) is 1. The molecule has 0 aromatic heterocycles. The summed E-state index contributed by atoms with van der Waals surface area (Å²) in [7, 11) is 3.31. The maximum atomic E-state index is 6.31. The summed E-state index contributed by atoms with van der Waals surface area (Å²) in [6.07, 6.45) is 1.99. The van der Waals surface area contributed by atoms with Gasteiger partial charge in [-0.05, 0) is 30.9 Å². The lowest BCUT2D eigenvalue weighted by molar-refractivity contribution is 0.182. The van der Waals surface area contributed by atoms with Gasteiger partial charge in [-0.1, -0.05) is 6.07 Å². The Bertz CT molecular complexity index is 366. The van der Waals surface area contributed by atoms with Crippen LogP contribution in [0.1, 0.15) is 24.4 Å². The standard InChI is InChI=1S/C14H21NO3/c1-16-12-4-3-5-13(17-2)14(12)11(15)8-10-6-7-18-9-10/h3-5,10-11H,6-9,15H2,1-2H3. The molecule has 0 bridgehead atoms. The van der Waals surface area contributed by atoms with Crippen molar-refractivity contribution >= 4 is 0 Å². The monoisotopic (exact) mass is 251 g/mol. The van der Waals surface area contributed by atoms with Crippen LogP contribution >= 0.6 is 0 Å². The van der Waals surface area contributed by atoms with Crippen molar-refractivity contribution < 1.29 is 14.2 Å². The van der Waals surface area contributed by atoms with E-state index in [1.807, 2.05) is 18.2 Å². The number of hydrogen-bond acceptors (Lipinski definition) is 4. The Hall–Kier alpha value is -1.26. The van der Waals surface area contributed by atoms with E-state index in [0.29, 0.717) is 5.92 Å². The lowest BCUT2D eigenvalue weighted by atomic mass is 9.93. The Labute approximate surface area is 108 Å². The SMILES string of the molecule is COc1cccc(OC)c1C(N)CC1CCOC1. The van der Waals surface area contributed by atoms with E-state index in [1.54, 1.807) is 14.2 Å². The third kappa shape index (κ3) is 2.76. The Morgan fingerprint density at radius 2 is 2.00 bits per heavy atom. The predicted octanol–water partition coefficient (Wildman–Crippen LogP) is 2.13. The minimum absolute atomic E-state index is 0.0807. The summed E-state index contributed by atoms with van der Waals surface area (Å²) in [6, 6.07) is 5.67. The van der Waals surface area contributed by atoms with Crippen LogP contribution in [0.25, 0.3) is 0 Å². The quantitative estimate of drug-likeness (QED) is 0.871. The van der Waals surface area contributed by atoms with Gasteiger partial charge in [0.15, 0.2) is 0 Å². The van der Waals surface area contributed by atoms with E-state index in [4.69, 9.17) is 19.9 Å². The van der Waals surface area contributed by atoms with Crippen LogP contribution in [0.3, 0.4) is 0 Å². The second-order valence-corrected chi connectivity index (χ2v) is 4.65. The van der Waals surface area contributed by atoms with Crippen LogP contribution in [0, 0.1) is 5.92 Å². The van der Waals surface area contributed by atoms with Crippen molar-refractivity contribution in [2.45, 2.75) is 18.9 Å². The second-order valence-electron chi connectivity index (χ2n) is 4.65. The Morgan fingerprint density at radius 3 is 2.50 bits per heavy atom. The predicted molar refractivity (Wildman–Crippen MR) is 70.0 cm³/mol. The van der Waals surface area contributed by atoms with Crippen molar-refractivity contribution in [3.05, 3.63) is 23.8 Å². The summed E-state index contributed by atoms with van der Waals surface area (Å²) in [5.74, 6) is 2.12. The zero-order valence-corrected chi connectivity index (χ0v) is 11.0. The average molecular weight is 251 g/mol. The molecular formula is C14H21NO3. The molecule has 4 nitrogen and oxygen atoms in total. The number of ether oxygens (including phenoxy) is 3. The maximum absolute atomic E-state index is 6.31. The molecule has 0 spiro atoms. The van der Waals surface area contributed by atoms with Gasteiger partial charge in [0.05, 0.1) is 19.8 Å². The van der Waals surface area contributed by atoms with Crippen molar-refractivity contribution in [3.8, 4) is 11.5 Å². The molecule has 100 valence electrons. The van der Waals surface area contributed by atoms with Crippen molar-refractivity contribution in [3.63, 3.8) is 0 Å². The summed E-state index contributed by atoms with van der Waals surface area (Å²) >= 11 is 0. The molecule has 1 aliphatic heterocycles. The van der Waals surface area contributed by atoms with E-state index < -0.39 is 0 Å². The van der Waals surface area contributed by atoms with Gasteiger partial charge in [-0.3, -0.25) is 0 Å². The Balaban J connectivity index is 2.18. The van der Waals surface area contributed by atoms with E-state index in [1.165, 1.54) is 0 Å². The van der Waals surface area contributed by atoms with Gasteiger partial charge >= 0.3 is 0 Å². The molecule has 1 saturated heterocycles. The van der Waals surface area contributed by atoms with Crippen LogP contribution < -0.4 is 15.2 Å². The van der Waals surface area contributed by atoms with Crippen molar-refractivity contribution in [2.24, 2.45) is 11.7 Å². The first-order valence-corrected chi connectivity index (χ1v) is 6.30. The zero-order chi connectivity index (χ0) is 13.0. The van der Waals surface area contributed by atoms with Gasteiger partial charge < -0.3 is 19.9 Å². The number of methoxy groups -OCH3 is 2. The van der Waals surface area contributed by atoms with Gasteiger partial charge in [0.25, 0.3) is 0 Å². The summed E-state index contributed by atoms with van der Waals surface area (Å²) in [5, 5.41) is 0. The van der Waals surface area contributed by atoms with Crippen LogP contribution in [0.2, 0.25) is 0 Å². The molecule has 0 radical (unpaired) electrons. The first-order valence-electron chi connectivity index (χ1n) is 6.30. The smallest absolute Gasteiger partial charge is 0.127 e. The molecule has 1 aromatic carbocycles. The molecule has 1 aliphatic rings. The van der Waals surface area contributed by atoms with Crippen LogP contribution in [-0.2, 0) is 4.74 Å². The topological polar surface area (TPSA) is 53.7 Å². The minimum atomic E-state index is -0.0807. The second kappa shape index (κ2) is 6.07. The van der Waals surface area contributed by atoms with Crippen molar-refractivity contribution in [2.75, 3.05) is 27.4 Å². The first kappa shape index (κ1) is 13.2. The zero-order valence-electron chi connectivity index (χ0n) is 11.0. The van der Waals surface area contributed by atoms with Gasteiger partial charge in [0, 0.05) is 19.3 Å². The summed E-state index contributed by atoms with van der Waals surface area (Å²) in [6.45, 7) is 1.66. The Morgan fingerprint density at radius 1 is 1.33 bits per heavy atom. The molecule has 2 N–H and O–H groups in total. The maximum Gasteiger partial charge on any atom is 0.127 e. The lowest BCUT2D eigenvalue weighted by Crippen LogP contribution is -2.17. The average Bonchev–Trinajstić information content (AvgIpc) is 2.90. The number of hydrogen-bond donors (Lipinski definition) is 1. The third-order valence-corrected chi connectivity index (χ3v) is 3.45. The van der Waals surface area contributed by atoms with E-state index in [9.17, 15) is 0 Å². The van der Waals surface area contributed by atoms with Gasteiger partial charge in [0.1, 0.15) is 11.5 Å². The lowest BCUT2D eigenvalue weighted by Gasteiger charge is -2.20. The molecule has 2 unspecified atom stereocenters. The molecule has 1 fully saturated rings. The molecule has 1 aromatic rings. The van der Waals surface area contributed by atoms with Crippen LogP contribution in [-0.4, -0.2) is 27.4 Å². The van der Waals surface area contributed by atoms with Crippen LogP contribution in [0.4, 0.5) is 0 Å². The fourth-order valence-electron chi connectivity index (χ4n) is 2.49. The normalized spacial score (nSPS) is 20.7. The molecular weight excluding hydrogens is 230 g/mol. The summed E-state index contributed by atoms with van der Waals surface area (Å²) in [4.78, 5) is 0. The van der Waals surface area contributed by atoms with E-state index in [0.717, 1.165) is 43.1 Å². The molecule has 4 heteroatoms. The van der Waals surface area contributed by atoms with Crippen molar-refractivity contribution in [1.82, 2.24) is 0 Å². The third-order valence-electron chi connectivity index (χ3n) is 3.45. The fourth-order valence-corrected chi connectivity index (χ4v) is 2.49. The highest BCUT2D eigenvalue weighted by Gasteiger charge is 2.23. The molecule has 0 aliphatic carbocycles. The highest BCUT2D eigenvalue weighted by atomic mass is 16.5. The molecule has 2 rings (SSSR count). The molecule has 2 atom stereocenters. The van der Waals surface area contributed by atoms with E-state index >= 15 is 0 Å². The Kier molecular flexibility index (Phi) is 4.44. The molecule has 1 heterocycles. The van der Waals surface area contributed by atoms with Crippen LogP contribution in [0.5, 0.6) is 11.5 Å². The number of rotatable bonds is 5. The van der Waals surface area contributed by atoms with Gasteiger partial charge in [-0.2, -0.15) is 0 Å². The fraction of sp³-hybridized carbons (Fsp3) is 0.571. The minimum Gasteiger partial charge on any atom is -0.496 e. The van der Waals surface area contributed by atoms with Gasteiger partial charge in [-0.15, -0.1) is 0 Å².